The van der Waals surface area contributed by atoms with Crippen LogP contribution in [0.1, 0.15) is 5.56 Å². The molecule has 0 fully saturated rings. The fraction of sp³-hybridized carbons (Fsp3) is 0.143. The molecule has 0 aliphatic carbocycles. The zero-order valence-electron chi connectivity index (χ0n) is 14.0. The Hall–Kier alpha value is -2.26. The fourth-order valence-electron chi connectivity index (χ4n) is 2.57. The average molecular weight is 381 g/mol. The van der Waals surface area contributed by atoms with Gasteiger partial charge in [-0.25, -0.2) is 0 Å². The topological polar surface area (TPSA) is 15.3 Å². The molecule has 3 heteroatoms. The first-order chi connectivity index (χ1) is 11.6. The summed E-state index contributed by atoms with van der Waals surface area (Å²) in [5.74, 6) is 0. The maximum absolute atomic E-state index is 3.49. The average Bonchev–Trinajstić information content (AvgIpc) is 2.61. The van der Waals surface area contributed by atoms with E-state index in [2.05, 4.69) is 101 Å². The summed E-state index contributed by atoms with van der Waals surface area (Å²) in [6, 6.07) is 25.6. The van der Waals surface area contributed by atoms with Crippen molar-refractivity contribution in [2.45, 2.75) is 6.54 Å². The van der Waals surface area contributed by atoms with E-state index in [1.807, 2.05) is 12.1 Å². The van der Waals surface area contributed by atoms with Crippen molar-refractivity contribution in [2.75, 3.05) is 24.3 Å². The molecule has 0 amide bonds. The lowest BCUT2D eigenvalue weighted by Gasteiger charge is -2.13. The fourth-order valence-corrected chi connectivity index (χ4v) is 2.97. The molecule has 0 unspecified atom stereocenters. The number of rotatable bonds is 5. The predicted octanol–water partition coefficient (Wildman–Crippen LogP) is 5.79. The van der Waals surface area contributed by atoms with Gasteiger partial charge in [-0.15, -0.1) is 0 Å². The lowest BCUT2D eigenvalue weighted by molar-refractivity contribution is 1.13. The van der Waals surface area contributed by atoms with Crippen LogP contribution in [-0.4, -0.2) is 14.1 Å². The Labute approximate surface area is 152 Å². The normalized spacial score (nSPS) is 10.5. The van der Waals surface area contributed by atoms with Crippen LogP contribution in [0.3, 0.4) is 0 Å². The van der Waals surface area contributed by atoms with Crippen LogP contribution in [0, 0.1) is 0 Å². The number of nitrogens with one attached hydrogen (secondary N) is 1. The van der Waals surface area contributed by atoms with E-state index < -0.39 is 0 Å². The number of halogens is 1. The first kappa shape index (κ1) is 16.6. The number of benzene rings is 3. The van der Waals surface area contributed by atoms with E-state index in [9.17, 15) is 0 Å². The minimum Gasteiger partial charge on any atom is -0.381 e. The lowest BCUT2D eigenvalue weighted by atomic mass is 10.0. The SMILES string of the molecule is CN(C)c1ccc(-c2ccc(CNc3cccc(Br)c3)cc2)cc1. The zero-order chi connectivity index (χ0) is 16.9. The molecule has 0 spiro atoms. The van der Waals surface area contributed by atoms with Crippen LogP contribution in [0.2, 0.25) is 0 Å². The van der Waals surface area contributed by atoms with Gasteiger partial charge >= 0.3 is 0 Å². The van der Waals surface area contributed by atoms with Gasteiger partial charge in [0.15, 0.2) is 0 Å². The standard InChI is InChI=1S/C21H21BrN2/c1-24(2)21-12-10-18(11-13-21)17-8-6-16(7-9-17)15-23-20-5-3-4-19(22)14-20/h3-14,23H,15H2,1-2H3. The van der Waals surface area contributed by atoms with E-state index >= 15 is 0 Å². The molecule has 0 aromatic heterocycles. The van der Waals surface area contributed by atoms with E-state index in [0.29, 0.717) is 0 Å². The smallest absolute Gasteiger partial charge is 0.0400 e. The van der Waals surface area contributed by atoms with Gasteiger partial charge in [-0.3, -0.25) is 0 Å². The van der Waals surface area contributed by atoms with Crippen molar-refractivity contribution >= 4 is 27.3 Å². The summed E-state index contributed by atoms with van der Waals surface area (Å²) >= 11 is 3.49. The zero-order valence-corrected chi connectivity index (χ0v) is 15.5. The van der Waals surface area contributed by atoms with Crippen molar-refractivity contribution in [3.63, 3.8) is 0 Å². The van der Waals surface area contributed by atoms with Crippen LogP contribution in [0.15, 0.2) is 77.3 Å². The van der Waals surface area contributed by atoms with Gasteiger partial charge in [0.2, 0.25) is 0 Å². The first-order valence-corrected chi connectivity index (χ1v) is 8.77. The molecule has 3 aromatic carbocycles. The molecule has 0 saturated heterocycles. The van der Waals surface area contributed by atoms with Crippen LogP contribution < -0.4 is 10.2 Å². The van der Waals surface area contributed by atoms with Crippen LogP contribution in [0.4, 0.5) is 11.4 Å². The van der Waals surface area contributed by atoms with Crippen molar-refractivity contribution in [3.05, 3.63) is 82.8 Å². The van der Waals surface area contributed by atoms with Crippen LogP contribution >= 0.6 is 15.9 Å². The second-order valence-corrected chi connectivity index (χ2v) is 6.92. The number of hydrogen-bond donors (Lipinski definition) is 1. The van der Waals surface area contributed by atoms with Gasteiger partial charge in [-0.05, 0) is 47.0 Å². The summed E-state index contributed by atoms with van der Waals surface area (Å²) in [5.41, 5.74) is 6.09. The van der Waals surface area contributed by atoms with Crippen LogP contribution in [-0.2, 0) is 6.54 Å². The van der Waals surface area contributed by atoms with E-state index in [1.165, 1.54) is 22.4 Å². The Morgan fingerprint density at radius 3 is 2.04 bits per heavy atom. The van der Waals surface area contributed by atoms with Gasteiger partial charge < -0.3 is 10.2 Å². The summed E-state index contributed by atoms with van der Waals surface area (Å²) in [4.78, 5) is 2.11. The highest BCUT2D eigenvalue weighted by Crippen LogP contribution is 2.23. The number of nitrogens with zero attached hydrogens (tertiary/aromatic N) is 1. The summed E-state index contributed by atoms with van der Waals surface area (Å²) in [6.07, 6.45) is 0. The molecular formula is C21H21BrN2. The van der Waals surface area contributed by atoms with Crippen LogP contribution in [0.25, 0.3) is 11.1 Å². The second kappa shape index (κ2) is 7.54. The Bertz CT molecular complexity index is 793. The minimum atomic E-state index is 0.816. The van der Waals surface area contributed by atoms with E-state index in [0.717, 1.165) is 16.7 Å². The lowest BCUT2D eigenvalue weighted by Crippen LogP contribution is -2.07. The third-order valence-corrected chi connectivity index (χ3v) is 4.49. The maximum Gasteiger partial charge on any atom is 0.0400 e. The molecule has 0 radical (unpaired) electrons. The van der Waals surface area contributed by atoms with Crippen molar-refractivity contribution in [3.8, 4) is 11.1 Å². The molecule has 0 saturated carbocycles. The Balaban J connectivity index is 1.66. The Morgan fingerprint density at radius 1 is 0.833 bits per heavy atom. The Morgan fingerprint density at radius 2 is 1.46 bits per heavy atom. The van der Waals surface area contributed by atoms with Crippen LogP contribution in [0.5, 0.6) is 0 Å². The molecular weight excluding hydrogens is 360 g/mol. The van der Waals surface area contributed by atoms with Crippen molar-refractivity contribution in [1.82, 2.24) is 0 Å². The molecule has 2 nitrogen and oxygen atoms in total. The second-order valence-electron chi connectivity index (χ2n) is 6.00. The predicted molar refractivity (Wildman–Crippen MR) is 108 cm³/mol. The molecule has 0 heterocycles. The van der Waals surface area contributed by atoms with Crippen molar-refractivity contribution < 1.29 is 0 Å². The highest BCUT2D eigenvalue weighted by Gasteiger charge is 2.01. The van der Waals surface area contributed by atoms with E-state index in [1.54, 1.807) is 0 Å². The molecule has 3 aromatic rings. The molecule has 122 valence electrons. The third-order valence-electron chi connectivity index (χ3n) is 3.99. The summed E-state index contributed by atoms with van der Waals surface area (Å²) in [5, 5.41) is 3.45. The highest BCUT2D eigenvalue weighted by molar-refractivity contribution is 9.10. The van der Waals surface area contributed by atoms with Gasteiger partial charge in [-0.2, -0.15) is 0 Å². The number of anilines is 2. The van der Waals surface area contributed by atoms with Gasteiger partial charge in [0.1, 0.15) is 0 Å². The summed E-state index contributed by atoms with van der Waals surface area (Å²) in [7, 11) is 4.12. The van der Waals surface area contributed by atoms with Gasteiger partial charge in [0.25, 0.3) is 0 Å². The number of hydrogen-bond acceptors (Lipinski definition) is 2. The molecule has 0 aliphatic rings. The molecule has 0 atom stereocenters. The van der Waals surface area contributed by atoms with Gasteiger partial charge in [0.05, 0.1) is 0 Å². The Kier molecular flexibility index (Phi) is 5.21. The van der Waals surface area contributed by atoms with E-state index in [-0.39, 0.29) is 0 Å². The van der Waals surface area contributed by atoms with Crippen molar-refractivity contribution in [2.24, 2.45) is 0 Å². The summed E-state index contributed by atoms with van der Waals surface area (Å²) < 4.78 is 1.09. The molecule has 1 N–H and O–H groups in total. The first-order valence-electron chi connectivity index (χ1n) is 7.98. The van der Waals surface area contributed by atoms with E-state index in [4.69, 9.17) is 0 Å². The van der Waals surface area contributed by atoms with Gasteiger partial charge in [0, 0.05) is 36.5 Å². The van der Waals surface area contributed by atoms with Crippen molar-refractivity contribution in [1.29, 1.82) is 0 Å². The monoisotopic (exact) mass is 380 g/mol. The third kappa shape index (κ3) is 4.18. The van der Waals surface area contributed by atoms with Gasteiger partial charge in [-0.1, -0.05) is 58.4 Å². The molecule has 0 aliphatic heterocycles. The molecule has 3 rings (SSSR count). The summed E-state index contributed by atoms with van der Waals surface area (Å²) in [6.45, 7) is 0.816. The molecule has 0 bridgehead atoms. The highest BCUT2D eigenvalue weighted by atomic mass is 79.9. The minimum absolute atomic E-state index is 0.816. The largest absolute Gasteiger partial charge is 0.381 e. The maximum atomic E-state index is 3.49. The quantitative estimate of drug-likeness (QED) is 0.601. The molecule has 24 heavy (non-hydrogen) atoms.